The van der Waals surface area contributed by atoms with Crippen molar-refractivity contribution in [2.24, 2.45) is 0 Å². The average molecular weight is 297 g/mol. The summed E-state index contributed by atoms with van der Waals surface area (Å²) in [4.78, 5) is 24.1. The number of esters is 1. The van der Waals surface area contributed by atoms with Gasteiger partial charge in [-0.25, -0.2) is 13.2 Å². The Morgan fingerprint density at radius 2 is 2.00 bits per heavy atom. The number of Topliss-reactive ketones (excluding diaryl/α,β-unsaturated/α-hetero) is 1. The summed E-state index contributed by atoms with van der Waals surface area (Å²) in [6.45, 7) is 1.86. The normalized spacial score (nSPS) is 21.3. The topological polar surface area (TPSA) is 80.8 Å². The molecule has 1 atom stereocenters. The Bertz CT molecular complexity index is 652. The molecule has 7 heteroatoms. The number of benzene rings is 1. The number of carbonyl (C=O) groups excluding carboxylic acids is 2. The third-order valence-corrected chi connectivity index (χ3v) is 5.07. The second kappa shape index (κ2) is 5.34. The second-order valence-corrected chi connectivity index (χ2v) is 6.26. The Balaban J connectivity index is 2.67. The van der Waals surface area contributed by atoms with Crippen LogP contribution >= 0.6 is 0 Å². The van der Waals surface area contributed by atoms with Gasteiger partial charge in [0.15, 0.2) is 11.8 Å². The maximum absolute atomic E-state index is 12.5. The van der Waals surface area contributed by atoms with Gasteiger partial charge in [-0.2, -0.15) is 4.31 Å². The zero-order valence-corrected chi connectivity index (χ0v) is 12.0. The molecule has 1 unspecified atom stereocenters. The Morgan fingerprint density at radius 3 is 2.60 bits per heavy atom. The van der Waals surface area contributed by atoms with Gasteiger partial charge in [-0.05, 0) is 18.6 Å². The highest BCUT2D eigenvalue weighted by molar-refractivity contribution is 7.89. The van der Waals surface area contributed by atoms with Crippen LogP contribution in [-0.4, -0.2) is 44.2 Å². The summed E-state index contributed by atoms with van der Waals surface area (Å²) < 4.78 is 30.6. The van der Waals surface area contributed by atoms with Crippen LogP contribution in [0.5, 0.6) is 0 Å². The quantitative estimate of drug-likeness (QED) is 0.609. The predicted octanol–water partition coefficient (Wildman–Crippen LogP) is 0.825. The fourth-order valence-corrected chi connectivity index (χ4v) is 4.08. The van der Waals surface area contributed by atoms with Crippen molar-refractivity contribution in [3.05, 3.63) is 29.8 Å². The molecule has 108 valence electrons. The Morgan fingerprint density at radius 1 is 1.35 bits per heavy atom. The lowest BCUT2D eigenvalue weighted by molar-refractivity contribution is -0.143. The molecule has 20 heavy (non-hydrogen) atoms. The van der Waals surface area contributed by atoms with Gasteiger partial charge in [0.2, 0.25) is 10.0 Å². The van der Waals surface area contributed by atoms with Gasteiger partial charge in [0.25, 0.3) is 0 Å². The van der Waals surface area contributed by atoms with Crippen LogP contribution in [0.15, 0.2) is 29.2 Å². The number of fused-ring (bicyclic) bond motifs is 1. The molecule has 1 aromatic carbocycles. The van der Waals surface area contributed by atoms with Gasteiger partial charge in [-0.3, -0.25) is 4.79 Å². The number of hydrogen-bond acceptors (Lipinski definition) is 5. The number of methoxy groups -OCH3 is 1. The van der Waals surface area contributed by atoms with Crippen molar-refractivity contribution in [3.63, 3.8) is 0 Å². The molecule has 2 rings (SSSR count). The first-order valence-electron chi connectivity index (χ1n) is 6.18. The van der Waals surface area contributed by atoms with E-state index in [2.05, 4.69) is 4.74 Å². The van der Waals surface area contributed by atoms with E-state index >= 15 is 0 Å². The second-order valence-electron chi connectivity index (χ2n) is 4.40. The molecule has 0 spiro atoms. The molecular formula is C13H15NO5S. The van der Waals surface area contributed by atoms with Crippen LogP contribution in [0, 0.1) is 0 Å². The van der Waals surface area contributed by atoms with E-state index in [4.69, 9.17) is 0 Å². The first kappa shape index (κ1) is 14.7. The molecule has 0 amide bonds. The van der Waals surface area contributed by atoms with E-state index < -0.39 is 27.8 Å². The molecule has 0 aromatic heterocycles. The molecule has 0 N–H and O–H groups in total. The lowest BCUT2D eigenvalue weighted by atomic mass is 10.0. The molecule has 1 aliphatic heterocycles. The smallest absolute Gasteiger partial charge is 0.332 e. The van der Waals surface area contributed by atoms with Crippen LogP contribution in [0.25, 0.3) is 0 Å². The number of carbonyl (C=O) groups is 2. The van der Waals surface area contributed by atoms with Crippen molar-refractivity contribution in [1.82, 2.24) is 4.31 Å². The lowest BCUT2D eigenvalue weighted by Crippen LogP contribution is -2.53. The van der Waals surface area contributed by atoms with Crippen LogP contribution < -0.4 is 0 Å². The minimum atomic E-state index is -3.87. The van der Waals surface area contributed by atoms with Gasteiger partial charge in [0.05, 0.1) is 12.0 Å². The van der Waals surface area contributed by atoms with Crippen molar-refractivity contribution < 1.29 is 22.7 Å². The zero-order chi connectivity index (χ0) is 14.9. The molecular weight excluding hydrogens is 282 g/mol. The molecule has 0 bridgehead atoms. The largest absolute Gasteiger partial charge is 0.467 e. The van der Waals surface area contributed by atoms with Crippen molar-refractivity contribution in [1.29, 1.82) is 0 Å². The summed E-state index contributed by atoms with van der Waals surface area (Å²) in [5, 5.41) is 0. The van der Waals surface area contributed by atoms with Gasteiger partial charge in [0, 0.05) is 12.1 Å². The number of hydrogen-bond donors (Lipinski definition) is 0. The van der Waals surface area contributed by atoms with E-state index in [-0.39, 0.29) is 17.0 Å². The van der Waals surface area contributed by atoms with Gasteiger partial charge < -0.3 is 4.74 Å². The maximum atomic E-state index is 12.5. The molecule has 0 saturated heterocycles. The monoisotopic (exact) mass is 297 g/mol. The molecule has 0 fully saturated rings. The molecule has 6 nitrogen and oxygen atoms in total. The summed E-state index contributed by atoms with van der Waals surface area (Å²) in [5.41, 5.74) is 0.0373. The van der Waals surface area contributed by atoms with E-state index in [9.17, 15) is 18.0 Å². The van der Waals surface area contributed by atoms with E-state index in [1.54, 1.807) is 19.1 Å². The highest BCUT2D eigenvalue weighted by Gasteiger charge is 2.47. The maximum Gasteiger partial charge on any atom is 0.332 e. The molecule has 1 aromatic rings. The van der Waals surface area contributed by atoms with Crippen molar-refractivity contribution in [2.45, 2.75) is 24.3 Å². The molecule has 0 aliphatic carbocycles. The first-order chi connectivity index (χ1) is 9.45. The third-order valence-electron chi connectivity index (χ3n) is 3.14. The summed E-state index contributed by atoms with van der Waals surface area (Å²) >= 11 is 0. The van der Waals surface area contributed by atoms with Crippen LogP contribution in [0.1, 0.15) is 23.7 Å². The van der Waals surface area contributed by atoms with E-state index in [1.807, 2.05) is 0 Å². The van der Waals surface area contributed by atoms with Crippen LogP contribution in [0.2, 0.25) is 0 Å². The SMILES string of the molecule is CCCN1C(C(=O)OC)C(=O)c2ccccc2S1(=O)=O. The summed E-state index contributed by atoms with van der Waals surface area (Å²) in [5.74, 6) is -1.41. The number of nitrogens with zero attached hydrogens (tertiary/aromatic N) is 1. The number of ether oxygens (including phenoxy) is 1. The third kappa shape index (κ3) is 2.12. The van der Waals surface area contributed by atoms with Crippen LogP contribution in [-0.2, 0) is 19.6 Å². The Labute approximate surface area is 117 Å². The van der Waals surface area contributed by atoms with Gasteiger partial charge in [-0.15, -0.1) is 0 Å². The fraction of sp³-hybridized carbons (Fsp3) is 0.385. The predicted molar refractivity (Wildman–Crippen MR) is 70.8 cm³/mol. The Kier molecular flexibility index (Phi) is 3.92. The molecule has 1 heterocycles. The molecule has 1 aliphatic rings. The summed E-state index contributed by atoms with van der Waals surface area (Å²) in [6, 6.07) is 4.47. The molecule has 0 radical (unpaired) electrons. The zero-order valence-electron chi connectivity index (χ0n) is 11.2. The van der Waals surface area contributed by atoms with Gasteiger partial charge in [0.1, 0.15) is 0 Å². The number of rotatable bonds is 3. The number of ketones is 1. The van der Waals surface area contributed by atoms with Crippen LogP contribution in [0.3, 0.4) is 0 Å². The summed E-state index contributed by atoms with van der Waals surface area (Å²) in [6.07, 6.45) is 0.488. The van der Waals surface area contributed by atoms with Crippen LogP contribution in [0.4, 0.5) is 0 Å². The van der Waals surface area contributed by atoms with E-state index in [0.29, 0.717) is 6.42 Å². The fourth-order valence-electron chi connectivity index (χ4n) is 2.24. The lowest BCUT2D eigenvalue weighted by Gasteiger charge is -2.32. The Hall–Kier alpha value is -1.73. The van der Waals surface area contributed by atoms with E-state index in [0.717, 1.165) is 11.4 Å². The minimum absolute atomic E-state index is 0.0373. The van der Waals surface area contributed by atoms with Crippen molar-refractivity contribution in [3.8, 4) is 0 Å². The van der Waals surface area contributed by atoms with Gasteiger partial charge in [-0.1, -0.05) is 19.1 Å². The standard InChI is InChI=1S/C13H15NO5S/c1-3-8-14-11(13(16)19-2)12(15)9-6-4-5-7-10(9)20(14,17)18/h4-7,11H,3,8H2,1-2H3. The summed E-state index contributed by atoms with van der Waals surface area (Å²) in [7, 11) is -2.74. The average Bonchev–Trinajstić information content (AvgIpc) is 2.45. The van der Waals surface area contributed by atoms with E-state index in [1.165, 1.54) is 12.1 Å². The minimum Gasteiger partial charge on any atom is -0.467 e. The van der Waals surface area contributed by atoms with Crippen molar-refractivity contribution >= 4 is 21.8 Å². The molecule has 0 saturated carbocycles. The van der Waals surface area contributed by atoms with Crippen molar-refractivity contribution in [2.75, 3.05) is 13.7 Å². The van der Waals surface area contributed by atoms with Gasteiger partial charge >= 0.3 is 5.97 Å². The number of sulfonamides is 1. The highest BCUT2D eigenvalue weighted by Crippen LogP contribution is 2.30. The highest BCUT2D eigenvalue weighted by atomic mass is 32.2. The first-order valence-corrected chi connectivity index (χ1v) is 7.62.